The highest BCUT2D eigenvalue weighted by Crippen LogP contribution is 2.14. The molecule has 2 N–H and O–H groups in total. The smallest absolute Gasteiger partial charge is 0.238 e. The van der Waals surface area contributed by atoms with E-state index in [1.165, 1.54) is 0 Å². The molecule has 100 valence electrons. The van der Waals surface area contributed by atoms with E-state index in [1.807, 2.05) is 24.3 Å². The molecule has 0 aliphatic carbocycles. The number of methoxy groups -OCH3 is 1. The molecule has 1 aromatic rings. The van der Waals surface area contributed by atoms with Crippen LogP contribution in [0.3, 0.4) is 0 Å². The molecule has 0 aliphatic rings. The largest absolute Gasteiger partial charge is 0.497 e. The van der Waals surface area contributed by atoms with Crippen molar-refractivity contribution in [1.82, 2.24) is 5.32 Å². The number of hydrogen-bond acceptors (Lipinski definition) is 4. The average Bonchev–Trinajstić information content (AvgIpc) is 2.38. The molecule has 0 fully saturated rings. The summed E-state index contributed by atoms with van der Waals surface area (Å²) in [7, 11) is 1.62. The van der Waals surface area contributed by atoms with Gasteiger partial charge in [0.25, 0.3) is 0 Å². The Balaban J connectivity index is 2.35. The van der Waals surface area contributed by atoms with Gasteiger partial charge >= 0.3 is 0 Å². The second kappa shape index (κ2) is 8.00. The molecule has 1 atom stereocenters. The molecule has 18 heavy (non-hydrogen) atoms. The van der Waals surface area contributed by atoms with Crippen LogP contribution >= 0.6 is 11.8 Å². The maximum absolute atomic E-state index is 11.7. The van der Waals surface area contributed by atoms with Crippen molar-refractivity contribution in [2.45, 2.75) is 13.0 Å². The first-order chi connectivity index (χ1) is 8.65. The fourth-order valence-electron chi connectivity index (χ4n) is 1.46. The Morgan fingerprint density at radius 1 is 1.39 bits per heavy atom. The number of rotatable bonds is 7. The number of benzene rings is 1. The van der Waals surface area contributed by atoms with Crippen molar-refractivity contribution in [3.8, 4) is 5.75 Å². The minimum Gasteiger partial charge on any atom is -0.497 e. The number of anilines is 1. The van der Waals surface area contributed by atoms with Crippen LogP contribution in [0.5, 0.6) is 5.75 Å². The summed E-state index contributed by atoms with van der Waals surface area (Å²) in [5, 5.41) is 6.00. The second-order valence-corrected chi connectivity index (χ2v) is 4.92. The summed E-state index contributed by atoms with van der Waals surface area (Å²) >= 11 is 1.76. The molecule has 0 spiro atoms. The van der Waals surface area contributed by atoms with Crippen LogP contribution in [-0.4, -0.2) is 37.6 Å². The molecular weight excluding hydrogens is 248 g/mol. The van der Waals surface area contributed by atoms with Crippen LogP contribution in [0, 0.1) is 0 Å². The Hall–Kier alpha value is -1.20. The van der Waals surface area contributed by atoms with Gasteiger partial charge in [-0.25, -0.2) is 0 Å². The lowest BCUT2D eigenvalue weighted by Gasteiger charge is -2.12. The molecule has 1 aromatic carbocycles. The minimum atomic E-state index is -0.0341. The first-order valence-electron chi connectivity index (χ1n) is 5.82. The Labute approximate surface area is 112 Å². The van der Waals surface area contributed by atoms with Gasteiger partial charge in [0, 0.05) is 17.5 Å². The average molecular weight is 268 g/mol. The Morgan fingerprint density at radius 3 is 2.61 bits per heavy atom. The van der Waals surface area contributed by atoms with Gasteiger partial charge in [0.2, 0.25) is 5.91 Å². The molecule has 0 saturated heterocycles. The molecule has 1 amide bonds. The number of nitrogens with one attached hydrogen (secondary N) is 2. The Morgan fingerprint density at radius 2 is 2.06 bits per heavy atom. The summed E-state index contributed by atoms with van der Waals surface area (Å²) in [6, 6.07) is 7.62. The van der Waals surface area contributed by atoms with E-state index in [-0.39, 0.29) is 5.91 Å². The van der Waals surface area contributed by atoms with Gasteiger partial charge < -0.3 is 15.4 Å². The van der Waals surface area contributed by atoms with Gasteiger partial charge in [-0.3, -0.25) is 4.79 Å². The third-order valence-corrected chi connectivity index (χ3v) is 3.23. The summed E-state index contributed by atoms with van der Waals surface area (Å²) in [5.41, 5.74) is 0.778. The fourth-order valence-corrected chi connectivity index (χ4v) is 2.07. The van der Waals surface area contributed by atoms with Gasteiger partial charge in [0.1, 0.15) is 5.75 Å². The predicted octanol–water partition coefficient (Wildman–Crippen LogP) is 1.97. The highest BCUT2D eigenvalue weighted by Gasteiger charge is 2.05. The van der Waals surface area contributed by atoms with Gasteiger partial charge in [-0.2, -0.15) is 11.8 Å². The van der Waals surface area contributed by atoms with Gasteiger partial charge in [-0.15, -0.1) is 0 Å². The number of ether oxygens (including phenoxy) is 1. The number of thioether (sulfide) groups is 1. The van der Waals surface area contributed by atoms with Crippen molar-refractivity contribution < 1.29 is 9.53 Å². The van der Waals surface area contributed by atoms with Crippen LogP contribution in [0.4, 0.5) is 5.69 Å². The van der Waals surface area contributed by atoms with Crippen LogP contribution in [0.1, 0.15) is 6.92 Å². The number of amides is 1. The quantitative estimate of drug-likeness (QED) is 0.794. The summed E-state index contributed by atoms with van der Waals surface area (Å²) in [6.07, 6.45) is 2.05. The Bertz CT molecular complexity index is 368. The lowest BCUT2D eigenvalue weighted by Crippen LogP contribution is -2.35. The second-order valence-electron chi connectivity index (χ2n) is 4.01. The van der Waals surface area contributed by atoms with E-state index in [2.05, 4.69) is 23.8 Å². The summed E-state index contributed by atoms with van der Waals surface area (Å²) < 4.78 is 5.05. The van der Waals surface area contributed by atoms with Crippen molar-refractivity contribution >= 4 is 23.4 Å². The molecule has 0 aromatic heterocycles. The predicted molar refractivity (Wildman–Crippen MR) is 77.5 cm³/mol. The lowest BCUT2D eigenvalue weighted by molar-refractivity contribution is -0.115. The van der Waals surface area contributed by atoms with Crippen LogP contribution in [0.25, 0.3) is 0 Å². The third-order valence-electron chi connectivity index (χ3n) is 2.40. The van der Waals surface area contributed by atoms with Gasteiger partial charge in [0.05, 0.1) is 13.7 Å². The third kappa shape index (κ3) is 5.42. The highest BCUT2D eigenvalue weighted by atomic mass is 32.2. The van der Waals surface area contributed by atoms with E-state index < -0.39 is 0 Å². The summed E-state index contributed by atoms with van der Waals surface area (Å²) in [6.45, 7) is 2.39. The van der Waals surface area contributed by atoms with Crippen LogP contribution in [0.15, 0.2) is 24.3 Å². The van der Waals surface area contributed by atoms with Crippen molar-refractivity contribution in [3.63, 3.8) is 0 Å². The normalized spacial score (nSPS) is 11.9. The fraction of sp³-hybridized carbons (Fsp3) is 0.462. The van der Waals surface area contributed by atoms with Gasteiger partial charge in [-0.1, -0.05) is 0 Å². The lowest BCUT2D eigenvalue weighted by atomic mass is 10.3. The zero-order valence-corrected chi connectivity index (χ0v) is 11.8. The van der Waals surface area contributed by atoms with Crippen molar-refractivity contribution in [3.05, 3.63) is 24.3 Å². The minimum absolute atomic E-state index is 0.0341. The van der Waals surface area contributed by atoms with E-state index >= 15 is 0 Å². The number of carbonyl (C=O) groups is 1. The number of hydrogen-bond donors (Lipinski definition) is 2. The molecule has 0 saturated carbocycles. The molecule has 5 heteroatoms. The van der Waals surface area contributed by atoms with Gasteiger partial charge in [-0.05, 0) is 37.4 Å². The molecule has 0 heterocycles. The Kier molecular flexibility index (Phi) is 6.60. The number of carbonyl (C=O) groups excluding carboxylic acids is 1. The monoisotopic (exact) mass is 268 g/mol. The van der Waals surface area contributed by atoms with E-state index in [0.29, 0.717) is 12.6 Å². The van der Waals surface area contributed by atoms with Crippen LogP contribution in [0.2, 0.25) is 0 Å². The molecule has 0 radical (unpaired) electrons. The first-order valence-corrected chi connectivity index (χ1v) is 7.21. The van der Waals surface area contributed by atoms with E-state index in [9.17, 15) is 4.79 Å². The van der Waals surface area contributed by atoms with E-state index in [0.717, 1.165) is 17.2 Å². The molecule has 4 nitrogen and oxygen atoms in total. The molecule has 0 bridgehead atoms. The van der Waals surface area contributed by atoms with Gasteiger partial charge in [0.15, 0.2) is 0 Å². The first kappa shape index (κ1) is 14.9. The SMILES string of the molecule is COc1ccc(NC(=O)CNC(C)CSC)cc1. The van der Waals surface area contributed by atoms with Crippen molar-refractivity contribution in [1.29, 1.82) is 0 Å². The summed E-state index contributed by atoms with van der Waals surface area (Å²) in [4.78, 5) is 11.7. The molecular formula is C13H20N2O2S. The topological polar surface area (TPSA) is 50.4 Å². The zero-order valence-electron chi connectivity index (χ0n) is 11.0. The maximum atomic E-state index is 11.7. The van der Waals surface area contributed by atoms with Crippen LogP contribution in [-0.2, 0) is 4.79 Å². The molecule has 1 rings (SSSR count). The van der Waals surface area contributed by atoms with E-state index in [1.54, 1.807) is 18.9 Å². The van der Waals surface area contributed by atoms with Crippen LogP contribution < -0.4 is 15.4 Å². The molecule has 1 unspecified atom stereocenters. The standard InChI is InChI=1S/C13H20N2O2S/c1-10(9-18-3)14-8-13(16)15-11-4-6-12(17-2)7-5-11/h4-7,10,14H,8-9H2,1-3H3,(H,15,16). The summed E-state index contributed by atoms with van der Waals surface area (Å²) in [5.74, 6) is 1.74. The maximum Gasteiger partial charge on any atom is 0.238 e. The molecule has 0 aliphatic heterocycles. The zero-order chi connectivity index (χ0) is 13.4. The highest BCUT2D eigenvalue weighted by molar-refractivity contribution is 7.98. The van der Waals surface area contributed by atoms with E-state index in [4.69, 9.17) is 4.74 Å². The van der Waals surface area contributed by atoms with Crippen molar-refractivity contribution in [2.24, 2.45) is 0 Å². The van der Waals surface area contributed by atoms with Crippen molar-refractivity contribution in [2.75, 3.05) is 31.0 Å².